The number of nitrogens with one attached hydrogen (secondary N) is 2. The van der Waals surface area contributed by atoms with Gasteiger partial charge in [-0.1, -0.05) is 6.07 Å². The van der Waals surface area contributed by atoms with Crippen molar-refractivity contribution in [2.24, 2.45) is 4.99 Å². The molecule has 0 amide bonds. The molecular weight excluding hydrogens is 479 g/mol. The van der Waals surface area contributed by atoms with E-state index in [-0.39, 0.29) is 24.0 Å². The molecule has 7 nitrogen and oxygen atoms in total. The summed E-state index contributed by atoms with van der Waals surface area (Å²) in [5, 5.41) is 8.47. The summed E-state index contributed by atoms with van der Waals surface area (Å²) in [7, 11) is 1.74. The molecule has 27 heavy (non-hydrogen) atoms. The van der Waals surface area contributed by atoms with Crippen molar-refractivity contribution in [3.63, 3.8) is 0 Å². The first kappa shape index (κ1) is 21.5. The Hall–Kier alpha value is -1.85. The molecule has 3 heterocycles. The normalized spacial score (nSPS) is 11.2. The summed E-state index contributed by atoms with van der Waals surface area (Å²) in [6, 6.07) is 7.72. The van der Waals surface area contributed by atoms with Crippen LogP contribution < -0.4 is 10.6 Å². The summed E-state index contributed by atoms with van der Waals surface area (Å²) in [6.07, 6.45) is 4.18. The average Bonchev–Trinajstić information content (AvgIpc) is 3.42. The van der Waals surface area contributed by atoms with E-state index in [9.17, 15) is 0 Å². The van der Waals surface area contributed by atoms with Gasteiger partial charge in [0.25, 0.3) is 0 Å². The average molecular weight is 502 g/mol. The van der Waals surface area contributed by atoms with Crippen molar-refractivity contribution in [1.29, 1.82) is 0 Å². The van der Waals surface area contributed by atoms with Gasteiger partial charge in [-0.25, -0.2) is 4.98 Å². The van der Waals surface area contributed by atoms with E-state index in [4.69, 9.17) is 13.6 Å². The van der Waals surface area contributed by atoms with Gasteiger partial charge >= 0.3 is 0 Å². The van der Waals surface area contributed by atoms with Crippen molar-refractivity contribution in [3.05, 3.63) is 53.6 Å². The molecule has 0 aliphatic rings. The maximum atomic E-state index is 5.55. The molecule has 146 valence electrons. The van der Waals surface area contributed by atoms with Crippen LogP contribution in [0.2, 0.25) is 0 Å². The van der Waals surface area contributed by atoms with Gasteiger partial charge in [0.15, 0.2) is 5.96 Å². The molecular formula is C18H23IN4O3S. The number of rotatable bonds is 9. The molecule has 0 aliphatic carbocycles. The summed E-state index contributed by atoms with van der Waals surface area (Å²) in [5.41, 5.74) is 0.832. The minimum atomic E-state index is 0. The number of halogens is 1. The van der Waals surface area contributed by atoms with E-state index in [0.717, 1.165) is 35.3 Å². The van der Waals surface area contributed by atoms with Gasteiger partial charge < -0.3 is 24.2 Å². The van der Waals surface area contributed by atoms with Crippen LogP contribution in [0.25, 0.3) is 10.8 Å². The summed E-state index contributed by atoms with van der Waals surface area (Å²) in [5.74, 6) is 2.20. The first-order valence-electron chi connectivity index (χ1n) is 8.38. The van der Waals surface area contributed by atoms with E-state index < -0.39 is 0 Å². The highest BCUT2D eigenvalue weighted by Crippen LogP contribution is 2.23. The van der Waals surface area contributed by atoms with Crippen molar-refractivity contribution in [2.45, 2.75) is 19.6 Å². The predicted molar refractivity (Wildman–Crippen MR) is 116 cm³/mol. The van der Waals surface area contributed by atoms with Crippen LogP contribution in [0.15, 0.2) is 56.0 Å². The third-order valence-corrected chi connectivity index (χ3v) is 4.38. The Kier molecular flexibility index (Phi) is 9.36. The van der Waals surface area contributed by atoms with Crippen LogP contribution in [0.1, 0.15) is 17.9 Å². The third kappa shape index (κ3) is 7.00. The van der Waals surface area contributed by atoms with E-state index in [1.54, 1.807) is 30.9 Å². The van der Waals surface area contributed by atoms with Crippen molar-refractivity contribution >= 4 is 41.3 Å². The van der Waals surface area contributed by atoms with Crippen LogP contribution in [0.3, 0.4) is 0 Å². The zero-order valence-electron chi connectivity index (χ0n) is 15.0. The summed E-state index contributed by atoms with van der Waals surface area (Å²) in [6.45, 7) is 2.46. The van der Waals surface area contributed by atoms with E-state index in [1.165, 1.54) is 0 Å². The number of hydrogen-bond acceptors (Lipinski definition) is 6. The molecule has 0 aromatic carbocycles. The summed E-state index contributed by atoms with van der Waals surface area (Å²) < 4.78 is 16.3. The Morgan fingerprint density at radius 1 is 1.26 bits per heavy atom. The minimum absolute atomic E-state index is 0. The molecule has 0 unspecified atom stereocenters. The van der Waals surface area contributed by atoms with Gasteiger partial charge in [-0.3, -0.25) is 4.99 Å². The topological polar surface area (TPSA) is 84.8 Å². The molecule has 0 spiro atoms. The predicted octanol–water partition coefficient (Wildman–Crippen LogP) is 3.89. The number of furan rings is 1. The van der Waals surface area contributed by atoms with Crippen molar-refractivity contribution in [1.82, 2.24) is 15.6 Å². The highest BCUT2D eigenvalue weighted by atomic mass is 127. The molecule has 0 radical (unpaired) electrons. The van der Waals surface area contributed by atoms with E-state index >= 15 is 0 Å². The molecule has 0 fully saturated rings. The number of nitrogens with zero attached hydrogens (tertiary/aromatic N) is 2. The first-order chi connectivity index (χ1) is 12.8. The third-order valence-electron chi connectivity index (χ3n) is 3.53. The number of hydrogen-bond donors (Lipinski definition) is 2. The zero-order chi connectivity index (χ0) is 18.0. The molecule has 9 heteroatoms. The maximum absolute atomic E-state index is 5.55. The second-order valence-electron chi connectivity index (χ2n) is 5.46. The van der Waals surface area contributed by atoms with E-state index in [0.29, 0.717) is 25.6 Å². The second kappa shape index (κ2) is 11.8. The Morgan fingerprint density at radius 2 is 2.19 bits per heavy atom. The van der Waals surface area contributed by atoms with Crippen LogP contribution in [-0.4, -0.2) is 31.1 Å². The van der Waals surface area contributed by atoms with Gasteiger partial charge in [0.1, 0.15) is 18.6 Å². The second-order valence-corrected chi connectivity index (χ2v) is 6.41. The van der Waals surface area contributed by atoms with Gasteiger partial charge in [0, 0.05) is 20.2 Å². The smallest absolute Gasteiger partial charge is 0.236 e. The van der Waals surface area contributed by atoms with Gasteiger partial charge in [0.2, 0.25) is 5.89 Å². The number of guanidine groups is 1. The highest BCUT2D eigenvalue weighted by molar-refractivity contribution is 14.0. The van der Waals surface area contributed by atoms with Crippen LogP contribution >= 0.6 is 35.3 Å². The van der Waals surface area contributed by atoms with Crippen LogP contribution in [0.5, 0.6) is 0 Å². The molecule has 3 aromatic heterocycles. The first-order valence-corrected chi connectivity index (χ1v) is 9.26. The van der Waals surface area contributed by atoms with Gasteiger partial charge in [-0.15, -0.1) is 35.3 Å². The van der Waals surface area contributed by atoms with Crippen molar-refractivity contribution in [2.75, 3.05) is 20.2 Å². The monoisotopic (exact) mass is 502 g/mol. The maximum Gasteiger partial charge on any atom is 0.236 e. The fourth-order valence-electron chi connectivity index (χ4n) is 2.24. The lowest BCUT2D eigenvalue weighted by Gasteiger charge is -2.10. The fraction of sp³-hybridized carbons (Fsp3) is 0.333. The lowest BCUT2D eigenvalue weighted by molar-refractivity contribution is 0.105. The van der Waals surface area contributed by atoms with Crippen LogP contribution in [-0.2, 0) is 17.9 Å². The van der Waals surface area contributed by atoms with Crippen molar-refractivity contribution in [3.8, 4) is 10.8 Å². The lowest BCUT2D eigenvalue weighted by Crippen LogP contribution is -2.37. The summed E-state index contributed by atoms with van der Waals surface area (Å²) in [4.78, 5) is 9.70. The largest absolute Gasteiger partial charge is 0.467 e. The Labute approximate surface area is 179 Å². The molecule has 0 bridgehead atoms. The molecule has 0 saturated carbocycles. The van der Waals surface area contributed by atoms with Crippen molar-refractivity contribution < 1.29 is 13.6 Å². The Balaban J connectivity index is 0.00000261. The molecule has 0 saturated heterocycles. The molecule has 3 rings (SSSR count). The van der Waals surface area contributed by atoms with Gasteiger partial charge in [-0.2, -0.15) is 0 Å². The van der Waals surface area contributed by atoms with Gasteiger partial charge in [0.05, 0.1) is 23.4 Å². The molecule has 2 N–H and O–H groups in total. The zero-order valence-corrected chi connectivity index (χ0v) is 18.2. The highest BCUT2D eigenvalue weighted by Gasteiger charge is 2.08. The quantitative estimate of drug-likeness (QED) is 0.200. The number of oxazole rings is 1. The number of aliphatic imine (C=N–C) groups is 1. The minimum Gasteiger partial charge on any atom is -0.467 e. The number of thiophene rings is 1. The number of ether oxygens (including phenoxy) is 1. The van der Waals surface area contributed by atoms with Gasteiger partial charge in [-0.05, 0) is 30.0 Å². The molecule has 0 aliphatic heterocycles. The number of aromatic nitrogens is 1. The molecule has 0 atom stereocenters. The van der Waals surface area contributed by atoms with Crippen LogP contribution in [0, 0.1) is 0 Å². The lowest BCUT2D eigenvalue weighted by atomic mass is 10.4. The Morgan fingerprint density at radius 3 is 2.93 bits per heavy atom. The fourth-order valence-corrected chi connectivity index (χ4v) is 2.90. The van der Waals surface area contributed by atoms with E-state index in [1.807, 2.05) is 29.6 Å². The SMILES string of the molecule is CN=C(NCCCOCc1ccco1)NCc1coc(-c2cccs2)n1.I. The summed E-state index contributed by atoms with van der Waals surface area (Å²) >= 11 is 1.60. The van der Waals surface area contributed by atoms with Crippen LogP contribution in [0.4, 0.5) is 0 Å². The standard InChI is InChI=1S/C18H22N4O3S.HI/c1-19-18(20-7-4-8-23-13-15-5-2-9-24-15)21-11-14-12-25-17(22-14)16-6-3-10-26-16;/h2-3,5-6,9-10,12H,4,7-8,11,13H2,1H3,(H2,19,20,21);1H. The van der Waals surface area contributed by atoms with E-state index in [2.05, 4.69) is 20.6 Å². The molecule has 3 aromatic rings. The Bertz CT molecular complexity index is 788.